The zero-order valence-electron chi connectivity index (χ0n) is 10.8. The van der Waals surface area contributed by atoms with Gasteiger partial charge in [-0.05, 0) is 44.0 Å². The Bertz CT molecular complexity index is 563. The first-order valence-electron chi connectivity index (χ1n) is 6.21. The van der Waals surface area contributed by atoms with Crippen molar-refractivity contribution in [3.05, 3.63) is 41.6 Å². The van der Waals surface area contributed by atoms with Gasteiger partial charge in [0.25, 0.3) is 0 Å². The van der Waals surface area contributed by atoms with Crippen molar-refractivity contribution in [2.45, 2.75) is 26.7 Å². The summed E-state index contributed by atoms with van der Waals surface area (Å²) >= 11 is 0. The Morgan fingerprint density at radius 3 is 2.89 bits per heavy atom. The standard InChI is InChI=1S/C15H17NO2/c1-3-18-15(17)9-6-12-5-8-14-13(10-12)7-4-11(2)16-14/h4-5,7-8,10H,3,6,9H2,1-2H3. The Hall–Kier alpha value is -1.90. The number of carbonyl (C=O) groups excluding carboxylic acids is 1. The van der Waals surface area contributed by atoms with Crippen LogP contribution in [0.5, 0.6) is 0 Å². The van der Waals surface area contributed by atoms with Crippen molar-refractivity contribution in [3.8, 4) is 0 Å². The van der Waals surface area contributed by atoms with Crippen LogP contribution in [0.2, 0.25) is 0 Å². The van der Waals surface area contributed by atoms with Crippen LogP contribution in [0, 0.1) is 6.92 Å². The first-order chi connectivity index (χ1) is 8.69. The molecular formula is C15H17NO2. The summed E-state index contributed by atoms with van der Waals surface area (Å²) in [6.07, 6.45) is 1.14. The van der Waals surface area contributed by atoms with E-state index in [9.17, 15) is 4.79 Å². The number of ether oxygens (including phenoxy) is 1. The lowest BCUT2D eigenvalue weighted by Crippen LogP contribution is -2.05. The molecule has 1 aromatic carbocycles. The van der Waals surface area contributed by atoms with Crippen LogP contribution >= 0.6 is 0 Å². The average molecular weight is 243 g/mol. The van der Waals surface area contributed by atoms with E-state index in [2.05, 4.69) is 17.1 Å². The van der Waals surface area contributed by atoms with Crippen LogP contribution in [0.15, 0.2) is 30.3 Å². The Labute approximate surface area is 107 Å². The third-order valence-electron chi connectivity index (χ3n) is 2.82. The number of aryl methyl sites for hydroxylation is 2. The summed E-state index contributed by atoms with van der Waals surface area (Å²) in [4.78, 5) is 15.7. The van der Waals surface area contributed by atoms with Crippen LogP contribution in [0.25, 0.3) is 10.9 Å². The zero-order valence-corrected chi connectivity index (χ0v) is 10.8. The number of nitrogens with zero attached hydrogens (tertiary/aromatic N) is 1. The summed E-state index contributed by atoms with van der Waals surface area (Å²) < 4.78 is 4.92. The van der Waals surface area contributed by atoms with Gasteiger partial charge in [0.1, 0.15) is 0 Å². The third kappa shape index (κ3) is 3.06. The first-order valence-corrected chi connectivity index (χ1v) is 6.21. The maximum Gasteiger partial charge on any atom is 0.306 e. The average Bonchev–Trinajstić information content (AvgIpc) is 2.36. The van der Waals surface area contributed by atoms with E-state index in [0.29, 0.717) is 19.4 Å². The van der Waals surface area contributed by atoms with Gasteiger partial charge in [0.2, 0.25) is 0 Å². The highest BCUT2D eigenvalue weighted by Gasteiger charge is 2.03. The van der Waals surface area contributed by atoms with Gasteiger partial charge in [-0.2, -0.15) is 0 Å². The SMILES string of the molecule is CCOC(=O)CCc1ccc2nc(C)ccc2c1. The van der Waals surface area contributed by atoms with E-state index in [4.69, 9.17) is 4.74 Å². The van der Waals surface area contributed by atoms with Crippen molar-refractivity contribution in [2.75, 3.05) is 6.61 Å². The second-order valence-corrected chi connectivity index (χ2v) is 4.28. The van der Waals surface area contributed by atoms with E-state index in [0.717, 1.165) is 22.2 Å². The molecule has 0 N–H and O–H groups in total. The van der Waals surface area contributed by atoms with Crippen LogP contribution in [0.4, 0.5) is 0 Å². The van der Waals surface area contributed by atoms with E-state index in [-0.39, 0.29) is 5.97 Å². The minimum atomic E-state index is -0.139. The van der Waals surface area contributed by atoms with Crippen LogP contribution in [0.1, 0.15) is 24.6 Å². The molecule has 0 unspecified atom stereocenters. The number of carbonyl (C=O) groups is 1. The molecule has 18 heavy (non-hydrogen) atoms. The lowest BCUT2D eigenvalue weighted by atomic mass is 10.1. The molecule has 94 valence electrons. The van der Waals surface area contributed by atoms with Crippen molar-refractivity contribution in [2.24, 2.45) is 0 Å². The summed E-state index contributed by atoms with van der Waals surface area (Å²) in [5, 5.41) is 1.11. The van der Waals surface area contributed by atoms with Gasteiger partial charge < -0.3 is 4.74 Å². The molecule has 3 heteroatoms. The molecule has 0 radical (unpaired) electrons. The highest BCUT2D eigenvalue weighted by molar-refractivity contribution is 5.79. The zero-order chi connectivity index (χ0) is 13.0. The molecule has 0 bridgehead atoms. The first kappa shape index (κ1) is 12.6. The Kier molecular flexibility index (Phi) is 3.92. The van der Waals surface area contributed by atoms with Crippen molar-refractivity contribution in [3.63, 3.8) is 0 Å². The summed E-state index contributed by atoms with van der Waals surface area (Å²) in [6.45, 7) is 4.25. The van der Waals surface area contributed by atoms with Gasteiger partial charge in [0.15, 0.2) is 0 Å². The number of hydrogen-bond donors (Lipinski definition) is 0. The molecule has 3 nitrogen and oxygen atoms in total. The monoisotopic (exact) mass is 243 g/mol. The van der Waals surface area contributed by atoms with Gasteiger partial charge in [-0.25, -0.2) is 0 Å². The summed E-state index contributed by atoms with van der Waals surface area (Å²) in [6, 6.07) is 10.2. The molecule has 0 atom stereocenters. The summed E-state index contributed by atoms with van der Waals surface area (Å²) in [5.74, 6) is -0.139. The lowest BCUT2D eigenvalue weighted by molar-refractivity contribution is -0.143. The topological polar surface area (TPSA) is 39.2 Å². The molecule has 0 aliphatic heterocycles. The van der Waals surface area contributed by atoms with Gasteiger partial charge in [-0.15, -0.1) is 0 Å². The second kappa shape index (κ2) is 5.63. The normalized spacial score (nSPS) is 10.6. The van der Waals surface area contributed by atoms with Crippen molar-refractivity contribution in [1.82, 2.24) is 4.98 Å². The Morgan fingerprint density at radius 1 is 1.28 bits per heavy atom. The predicted octanol–water partition coefficient (Wildman–Crippen LogP) is 3.04. The number of pyridine rings is 1. The predicted molar refractivity (Wildman–Crippen MR) is 71.4 cm³/mol. The van der Waals surface area contributed by atoms with E-state index < -0.39 is 0 Å². The summed E-state index contributed by atoms with van der Waals surface area (Å²) in [5.41, 5.74) is 3.15. The maximum atomic E-state index is 11.3. The smallest absolute Gasteiger partial charge is 0.306 e. The van der Waals surface area contributed by atoms with Crippen LogP contribution in [-0.2, 0) is 16.0 Å². The molecule has 0 saturated heterocycles. The van der Waals surface area contributed by atoms with Gasteiger partial charge in [-0.1, -0.05) is 12.1 Å². The van der Waals surface area contributed by atoms with Crippen molar-refractivity contribution in [1.29, 1.82) is 0 Å². The number of fused-ring (bicyclic) bond motifs is 1. The molecule has 2 aromatic rings. The van der Waals surface area contributed by atoms with Gasteiger partial charge >= 0.3 is 5.97 Å². The molecule has 0 spiro atoms. The largest absolute Gasteiger partial charge is 0.466 e. The highest BCUT2D eigenvalue weighted by atomic mass is 16.5. The number of rotatable bonds is 4. The fourth-order valence-electron chi connectivity index (χ4n) is 1.91. The van der Waals surface area contributed by atoms with Gasteiger partial charge in [0.05, 0.1) is 12.1 Å². The lowest BCUT2D eigenvalue weighted by Gasteiger charge is -2.04. The van der Waals surface area contributed by atoms with E-state index >= 15 is 0 Å². The van der Waals surface area contributed by atoms with Crippen molar-refractivity contribution < 1.29 is 9.53 Å². The van der Waals surface area contributed by atoms with Crippen LogP contribution in [0.3, 0.4) is 0 Å². The molecule has 0 aliphatic rings. The van der Waals surface area contributed by atoms with Gasteiger partial charge in [0, 0.05) is 17.5 Å². The molecule has 2 rings (SSSR count). The number of aromatic nitrogens is 1. The minimum Gasteiger partial charge on any atom is -0.466 e. The number of hydrogen-bond acceptors (Lipinski definition) is 3. The molecular weight excluding hydrogens is 226 g/mol. The van der Waals surface area contributed by atoms with Crippen LogP contribution in [-0.4, -0.2) is 17.6 Å². The van der Waals surface area contributed by atoms with Crippen LogP contribution < -0.4 is 0 Å². The fraction of sp³-hybridized carbons (Fsp3) is 0.333. The Balaban J connectivity index is 2.10. The fourth-order valence-corrected chi connectivity index (χ4v) is 1.91. The molecule has 0 saturated carbocycles. The summed E-state index contributed by atoms with van der Waals surface area (Å²) in [7, 11) is 0. The number of benzene rings is 1. The maximum absolute atomic E-state index is 11.3. The second-order valence-electron chi connectivity index (χ2n) is 4.28. The quantitative estimate of drug-likeness (QED) is 0.775. The minimum absolute atomic E-state index is 0.139. The van der Waals surface area contributed by atoms with E-state index in [1.807, 2.05) is 32.0 Å². The van der Waals surface area contributed by atoms with E-state index in [1.165, 1.54) is 0 Å². The van der Waals surface area contributed by atoms with E-state index in [1.54, 1.807) is 0 Å². The molecule has 0 aliphatic carbocycles. The molecule has 1 heterocycles. The molecule has 0 amide bonds. The third-order valence-corrected chi connectivity index (χ3v) is 2.82. The molecule has 0 fully saturated rings. The van der Waals surface area contributed by atoms with Gasteiger partial charge in [-0.3, -0.25) is 9.78 Å². The van der Waals surface area contributed by atoms with Crippen molar-refractivity contribution >= 4 is 16.9 Å². The Morgan fingerprint density at radius 2 is 2.11 bits per heavy atom. The highest BCUT2D eigenvalue weighted by Crippen LogP contribution is 2.16. The number of esters is 1. The molecule has 1 aromatic heterocycles.